The molecule has 16 heavy (non-hydrogen) atoms. The van der Waals surface area contributed by atoms with Gasteiger partial charge in [-0.15, -0.1) is 5.10 Å². The van der Waals surface area contributed by atoms with E-state index in [1.807, 2.05) is 30.3 Å². The highest BCUT2D eigenvalue weighted by Gasteiger charge is 2.12. The number of hydrogen-bond donors (Lipinski definition) is 1. The average molecular weight is 212 g/mol. The Morgan fingerprint density at radius 3 is 2.75 bits per heavy atom. The Hall–Kier alpha value is -2.43. The summed E-state index contributed by atoms with van der Waals surface area (Å²) in [5.41, 5.74) is 3.34. The second-order valence-electron chi connectivity index (χ2n) is 3.28. The molecule has 0 atom stereocenters. The number of benzene rings is 1. The number of aromatic nitrogens is 4. The van der Waals surface area contributed by atoms with Crippen LogP contribution in [0.15, 0.2) is 47.4 Å². The van der Waals surface area contributed by atoms with E-state index in [4.69, 9.17) is 4.52 Å². The zero-order valence-electron chi connectivity index (χ0n) is 8.29. The molecule has 0 bridgehead atoms. The van der Waals surface area contributed by atoms with E-state index in [1.165, 1.54) is 6.26 Å². The highest BCUT2D eigenvalue weighted by molar-refractivity contribution is 5.75. The molecule has 0 unspecified atom stereocenters. The van der Waals surface area contributed by atoms with Crippen LogP contribution in [0.3, 0.4) is 0 Å². The molecule has 0 aliphatic heterocycles. The molecule has 0 fully saturated rings. The lowest BCUT2D eigenvalue weighted by Gasteiger charge is -1.98. The van der Waals surface area contributed by atoms with Crippen molar-refractivity contribution in [3.05, 3.63) is 42.9 Å². The third-order valence-corrected chi connectivity index (χ3v) is 2.30. The molecule has 0 aliphatic carbocycles. The number of nitrogens with one attached hydrogen (secondary N) is 1. The minimum Gasteiger partial charge on any atom is -0.345 e. The first-order valence-corrected chi connectivity index (χ1v) is 4.81. The first-order valence-electron chi connectivity index (χ1n) is 4.81. The van der Waals surface area contributed by atoms with E-state index in [-0.39, 0.29) is 0 Å². The van der Waals surface area contributed by atoms with Crippen molar-refractivity contribution in [2.75, 3.05) is 0 Å². The Labute approximate surface area is 91.1 Å². The van der Waals surface area contributed by atoms with Crippen molar-refractivity contribution < 1.29 is 4.52 Å². The maximum Gasteiger partial charge on any atom is 0.153 e. The van der Waals surface area contributed by atoms with Gasteiger partial charge >= 0.3 is 0 Å². The Kier molecular flexibility index (Phi) is 2.00. The third kappa shape index (κ3) is 1.38. The van der Waals surface area contributed by atoms with Crippen LogP contribution in [-0.2, 0) is 0 Å². The molecule has 0 spiro atoms. The molecule has 1 aromatic carbocycles. The molecule has 0 saturated carbocycles. The van der Waals surface area contributed by atoms with E-state index in [0.717, 1.165) is 17.0 Å². The Morgan fingerprint density at radius 1 is 1.12 bits per heavy atom. The number of hydrogen-bond acceptors (Lipinski definition) is 4. The normalized spacial score (nSPS) is 10.5. The van der Waals surface area contributed by atoms with Gasteiger partial charge in [0.25, 0.3) is 0 Å². The third-order valence-electron chi connectivity index (χ3n) is 2.30. The van der Waals surface area contributed by atoms with Crippen LogP contribution in [-0.4, -0.2) is 20.3 Å². The van der Waals surface area contributed by atoms with Gasteiger partial charge < -0.3 is 9.51 Å². The fourth-order valence-electron chi connectivity index (χ4n) is 1.58. The van der Waals surface area contributed by atoms with E-state index in [1.54, 1.807) is 6.33 Å². The van der Waals surface area contributed by atoms with Crippen molar-refractivity contribution in [1.29, 1.82) is 0 Å². The maximum atomic E-state index is 4.72. The second-order valence-corrected chi connectivity index (χ2v) is 3.28. The van der Waals surface area contributed by atoms with Gasteiger partial charge in [0.15, 0.2) is 12.0 Å². The standard InChI is InChI=1S/C11H8N4O/c1-2-4-8(5-3-1)10-11(13-7-12-10)9-6-16-15-14-9/h1-7H,(H,12,13). The summed E-state index contributed by atoms with van der Waals surface area (Å²) in [6.07, 6.45) is 3.12. The summed E-state index contributed by atoms with van der Waals surface area (Å²) in [5, 5.41) is 7.30. The molecule has 1 N–H and O–H groups in total. The van der Waals surface area contributed by atoms with Crippen molar-refractivity contribution in [3.63, 3.8) is 0 Å². The van der Waals surface area contributed by atoms with E-state index < -0.39 is 0 Å². The summed E-state index contributed by atoms with van der Waals surface area (Å²) in [5.74, 6) is 0. The molecule has 3 aromatic rings. The highest BCUT2D eigenvalue weighted by atomic mass is 16.5. The molecule has 0 aliphatic rings. The first-order chi connectivity index (χ1) is 7.95. The van der Waals surface area contributed by atoms with Crippen molar-refractivity contribution in [2.45, 2.75) is 0 Å². The molecule has 0 radical (unpaired) electrons. The predicted octanol–water partition coefficient (Wildman–Crippen LogP) is 2.13. The SMILES string of the molecule is c1ccc(-c2nc[nH]c2-c2conn2)cc1. The molecule has 0 amide bonds. The van der Waals surface area contributed by atoms with Gasteiger partial charge in [-0.05, 0) is 0 Å². The van der Waals surface area contributed by atoms with Crippen molar-refractivity contribution >= 4 is 0 Å². The van der Waals surface area contributed by atoms with Gasteiger partial charge in [-0.3, -0.25) is 0 Å². The number of aromatic amines is 1. The van der Waals surface area contributed by atoms with Gasteiger partial charge in [-0.1, -0.05) is 30.3 Å². The molecule has 3 rings (SSSR count). The van der Waals surface area contributed by atoms with E-state index in [9.17, 15) is 0 Å². The van der Waals surface area contributed by atoms with Crippen LogP contribution in [0.25, 0.3) is 22.6 Å². The zero-order valence-corrected chi connectivity index (χ0v) is 8.29. The molecule has 2 heterocycles. The van der Waals surface area contributed by atoms with Gasteiger partial charge in [-0.25, -0.2) is 4.98 Å². The lowest BCUT2D eigenvalue weighted by Crippen LogP contribution is -1.83. The van der Waals surface area contributed by atoms with Crippen LogP contribution >= 0.6 is 0 Å². The summed E-state index contributed by atoms with van der Waals surface area (Å²) in [6.45, 7) is 0. The Morgan fingerprint density at radius 2 is 2.00 bits per heavy atom. The van der Waals surface area contributed by atoms with Crippen molar-refractivity contribution in [2.24, 2.45) is 0 Å². The number of rotatable bonds is 2. The predicted molar refractivity (Wildman–Crippen MR) is 57.3 cm³/mol. The largest absolute Gasteiger partial charge is 0.345 e. The van der Waals surface area contributed by atoms with Gasteiger partial charge in [0.05, 0.1) is 17.7 Å². The molecule has 5 heteroatoms. The van der Waals surface area contributed by atoms with Gasteiger partial charge in [0.1, 0.15) is 0 Å². The van der Waals surface area contributed by atoms with Crippen LogP contribution in [0.4, 0.5) is 0 Å². The fraction of sp³-hybridized carbons (Fsp3) is 0. The summed E-state index contributed by atoms with van der Waals surface area (Å²) in [6, 6.07) is 9.89. The molecule has 2 aromatic heterocycles. The summed E-state index contributed by atoms with van der Waals surface area (Å²) in [4.78, 5) is 7.31. The Balaban J connectivity index is 2.14. The smallest absolute Gasteiger partial charge is 0.153 e. The van der Waals surface area contributed by atoms with Crippen LogP contribution < -0.4 is 0 Å². The number of imidazole rings is 1. The van der Waals surface area contributed by atoms with Crippen LogP contribution in [0.1, 0.15) is 0 Å². The lowest BCUT2D eigenvalue weighted by molar-refractivity contribution is 0.393. The van der Waals surface area contributed by atoms with Crippen LogP contribution in [0.5, 0.6) is 0 Å². The van der Waals surface area contributed by atoms with Gasteiger partial charge in [0.2, 0.25) is 0 Å². The van der Waals surface area contributed by atoms with Crippen molar-refractivity contribution in [3.8, 4) is 22.6 Å². The average Bonchev–Trinajstić information content (AvgIpc) is 3.01. The quantitative estimate of drug-likeness (QED) is 0.706. The van der Waals surface area contributed by atoms with E-state index in [2.05, 4.69) is 20.3 Å². The van der Waals surface area contributed by atoms with Gasteiger partial charge in [0, 0.05) is 10.8 Å². The molecule has 78 valence electrons. The summed E-state index contributed by atoms with van der Waals surface area (Å²) >= 11 is 0. The highest BCUT2D eigenvalue weighted by Crippen LogP contribution is 2.26. The summed E-state index contributed by atoms with van der Waals surface area (Å²) in [7, 11) is 0. The molecule has 5 nitrogen and oxygen atoms in total. The monoisotopic (exact) mass is 212 g/mol. The van der Waals surface area contributed by atoms with Crippen molar-refractivity contribution in [1.82, 2.24) is 20.3 Å². The second kappa shape index (κ2) is 3.62. The lowest BCUT2D eigenvalue weighted by atomic mass is 10.1. The Bertz CT molecular complexity index is 571. The summed E-state index contributed by atoms with van der Waals surface area (Å²) < 4.78 is 4.72. The minimum absolute atomic E-state index is 0.649. The molecular weight excluding hydrogens is 204 g/mol. The van der Waals surface area contributed by atoms with Crippen LogP contribution in [0, 0.1) is 0 Å². The fourth-order valence-corrected chi connectivity index (χ4v) is 1.58. The minimum atomic E-state index is 0.649. The van der Waals surface area contributed by atoms with Gasteiger partial charge in [-0.2, -0.15) is 0 Å². The zero-order chi connectivity index (χ0) is 10.8. The first kappa shape index (κ1) is 8.84. The topological polar surface area (TPSA) is 67.6 Å². The maximum absolute atomic E-state index is 4.72. The van der Waals surface area contributed by atoms with Crippen LogP contribution in [0.2, 0.25) is 0 Å². The number of nitrogens with zero attached hydrogens (tertiary/aromatic N) is 3. The molecule has 0 saturated heterocycles. The van der Waals surface area contributed by atoms with E-state index in [0.29, 0.717) is 5.69 Å². The molecular formula is C11H8N4O. The van der Waals surface area contributed by atoms with E-state index >= 15 is 0 Å². The number of H-pyrrole nitrogens is 1.